The van der Waals surface area contributed by atoms with E-state index in [1.807, 2.05) is 0 Å². The van der Waals surface area contributed by atoms with E-state index in [9.17, 15) is 5.26 Å². The van der Waals surface area contributed by atoms with Crippen LogP contribution in [0.15, 0.2) is 146 Å². The Bertz CT molecular complexity index is 4000. The van der Waals surface area contributed by atoms with Gasteiger partial charge in [0.25, 0.3) is 0 Å². The summed E-state index contributed by atoms with van der Waals surface area (Å²) in [6.45, 7) is 30.6. The number of rotatable bonds is 7. The highest BCUT2D eigenvalue weighted by molar-refractivity contribution is 6.13. The SMILES string of the molecule is Cc1cc(C)c(-c2ccc3c4ccc(-c5c(C)cc(C)cc5C)cc4n(-c4cc(-c5cc(C)nc(C)c5)cc(-n5c6cc(-c7c(C)cc(C)cc7C)ccc6c6ccc(-c7c(C)cc(C)cc7C)cc65)c4C#N)c3c2)c(C)c1. The largest absolute Gasteiger partial charge is 0.308 e. The summed E-state index contributed by atoms with van der Waals surface area (Å²) in [5, 5.41) is 16.8. The van der Waals surface area contributed by atoms with Crippen molar-refractivity contribution in [1.82, 2.24) is 14.1 Å². The molecule has 4 nitrogen and oxygen atoms in total. The Kier molecular flexibility index (Phi) is 12.0. The summed E-state index contributed by atoms with van der Waals surface area (Å²) < 4.78 is 4.81. The molecule has 3 heterocycles. The zero-order valence-corrected chi connectivity index (χ0v) is 47.6. The molecule has 0 atom stereocenters. The van der Waals surface area contributed by atoms with Crippen molar-refractivity contribution >= 4 is 43.6 Å². The molecule has 12 rings (SSSR count). The summed E-state index contributed by atoms with van der Waals surface area (Å²) in [4.78, 5) is 4.87. The van der Waals surface area contributed by atoms with Gasteiger partial charge in [0.2, 0.25) is 0 Å². The van der Waals surface area contributed by atoms with Crippen LogP contribution in [-0.2, 0) is 0 Å². The molecule has 0 bridgehead atoms. The fourth-order valence-electron chi connectivity index (χ4n) is 14.0. The lowest BCUT2D eigenvalue weighted by molar-refractivity contribution is 1.11. The molecule has 0 amide bonds. The van der Waals surface area contributed by atoms with E-state index in [-0.39, 0.29) is 0 Å². The molecule has 0 radical (unpaired) electrons. The molecule has 78 heavy (non-hydrogen) atoms. The van der Waals surface area contributed by atoms with Crippen LogP contribution in [0.4, 0.5) is 0 Å². The van der Waals surface area contributed by atoms with Gasteiger partial charge in [0, 0.05) is 32.9 Å². The number of pyridine rings is 1. The first-order valence-electron chi connectivity index (χ1n) is 27.4. The zero-order chi connectivity index (χ0) is 54.7. The van der Waals surface area contributed by atoms with Crippen LogP contribution in [-0.4, -0.2) is 14.1 Å². The number of nitriles is 1. The van der Waals surface area contributed by atoms with Gasteiger partial charge in [-0.25, -0.2) is 0 Å². The standard InChI is InChI=1S/C74H66N4/c1-40-23-44(5)71(45(6)24-40)54-15-19-60-61-20-16-55(72-46(7)25-41(2)26-47(72)8)34-66(61)77(65(60)33-54)69-37-59(58-31-52(13)76-53(14)32-58)38-70(64(69)39-75)78-67-35-56(73-48(9)27-42(3)28-49(73)10)17-21-62(67)63-22-18-57(36-68(63)78)74-50(11)29-43(4)30-51(74)12/h15-38H,1-14H3. The highest BCUT2D eigenvalue weighted by Crippen LogP contribution is 2.45. The number of aryl methyl sites for hydroxylation is 14. The van der Waals surface area contributed by atoms with E-state index in [4.69, 9.17) is 4.98 Å². The molecule has 0 N–H and O–H groups in total. The van der Waals surface area contributed by atoms with Gasteiger partial charge in [0.15, 0.2) is 0 Å². The van der Waals surface area contributed by atoms with Crippen LogP contribution in [0.25, 0.3) is 111 Å². The van der Waals surface area contributed by atoms with Crippen molar-refractivity contribution in [1.29, 1.82) is 5.26 Å². The Hall–Kier alpha value is -8.78. The second kappa shape index (κ2) is 18.7. The first kappa shape index (κ1) is 50.1. The van der Waals surface area contributed by atoms with Crippen molar-refractivity contribution in [2.24, 2.45) is 0 Å². The van der Waals surface area contributed by atoms with E-state index in [1.165, 1.54) is 89.0 Å². The smallest absolute Gasteiger partial charge is 0.104 e. The highest BCUT2D eigenvalue weighted by Gasteiger charge is 2.26. The van der Waals surface area contributed by atoms with E-state index in [0.717, 1.165) is 99.8 Å². The van der Waals surface area contributed by atoms with E-state index < -0.39 is 0 Å². The number of nitrogens with zero attached hydrogens (tertiary/aromatic N) is 4. The van der Waals surface area contributed by atoms with Crippen molar-refractivity contribution in [3.05, 3.63) is 229 Å². The van der Waals surface area contributed by atoms with Crippen molar-refractivity contribution in [2.75, 3.05) is 0 Å². The Labute approximate surface area is 459 Å². The van der Waals surface area contributed by atoms with E-state index in [0.29, 0.717) is 5.56 Å². The zero-order valence-electron chi connectivity index (χ0n) is 47.6. The number of aromatic nitrogens is 3. The topological polar surface area (TPSA) is 46.5 Å². The summed E-state index contributed by atoms with van der Waals surface area (Å²) in [5.41, 5.74) is 34.8. The Balaban J connectivity index is 1.26. The second-order valence-electron chi connectivity index (χ2n) is 22.8. The van der Waals surface area contributed by atoms with E-state index >= 15 is 0 Å². The van der Waals surface area contributed by atoms with E-state index in [1.54, 1.807) is 0 Å². The first-order chi connectivity index (χ1) is 37.3. The lowest BCUT2D eigenvalue weighted by atomic mass is 9.92. The number of hydrogen-bond acceptors (Lipinski definition) is 2. The van der Waals surface area contributed by atoms with Crippen LogP contribution in [0.2, 0.25) is 0 Å². The third-order valence-electron chi connectivity index (χ3n) is 16.5. The fourth-order valence-corrected chi connectivity index (χ4v) is 14.0. The van der Waals surface area contributed by atoms with Gasteiger partial charge in [0.05, 0.1) is 33.4 Å². The van der Waals surface area contributed by atoms with Crippen LogP contribution < -0.4 is 0 Å². The number of benzene rings is 9. The quantitative estimate of drug-likeness (QED) is 0.160. The molecule has 0 aliphatic heterocycles. The molecule has 0 aliphatic rings. The molecule has 382 valence electrons. The van der Waals surface area contributed by atoms with Gasteiger partial charge in [0.1, 0.15) is 11.6 Å². The van der Waals surface area contributed by atoms with Crippen LogP contribution in [0, 0.1) is 108 Å². The molecule has 0 saturated heterocycles. The summed E-state index contributed by atoms with van der Waals surface area (Å²) in [6.07, 6.45) is 0. The molecule has 9 aromatic carbocycles. The minimum atomic E-state index is 0.584. The minimum Gasteiger partial charge on any atom is -0.308 e. The lowest BCUT2D eigenvalue weighted by Crippen LogP contribution is -2.06. The van der Waals surface area contributed by atoms with Gasteiger partial charge in [-0.05, 0) is 246 Å². The summed E-state index contributed by atoms with van der Waals surface area (Å²) in [5.74, 6) is 0. The molecule has 4 heteroatoms. The van der Waals surface area contributed by atoms with Crippen molar-refractivity contribution < 1.29 is 0 Å². The summed E-state index contributed by atoms with van der Waals surface area (Å²) >= 11 is 0. The van der Waals surface area contributed by atoms with Gasteiger partial charge in [-0.2, -0.15) is 5.26 Å². The number of fused-ring (bicyclic) bond motifs is 6. The minimum absolute atomic E-state index is 0.584. The lowest BCUT2D eigenvalue weighted by Gasteiger charge is -2.20. The summed E-state index contributed by atoms with van der Waals surface area (Å²) in [6, 6.07) is 58.0. The maximum Gasteiger partial charge on any atom is 0.104 e. The maximum atomic E-state index is 12.3. The van der Waals surface area contributed by atoms with Crippen LogP contribution >= 0.6 is 0 Å². The molecule has 0 fully saturated rings. The Morgan fingerprint density at radius 2 is 0.538 bits per heavy atom. The third kappa shape index (κ3) is 8.23. The number of hydrogen-bond donors (Lipinski definition) is 0. The van der Waals surface area contributed by atoms with Gasteiger partial charge < -0.3 is 9.13 Å². The first-order valence-corrected chi connectivity index (χ1v) is 27.4. The van der Waals surface area contributed by atoms with Gasteiger partial charge in [-0.1, -0.05) is 119 Å². The van der Waals surface area contributed by atoms with Gasteiger partial charge in [-0.3, -0.25) is 4.98 Å². The van der Waals surface area contributed by atoms with Crippen molar-refractivity contribution in [2.45, 2.75) is 96.9 Å². The van der Waals surface area contributed by atoms with Crippen LogP contribution in [0.3, 0.4) is 0 Å². The van der Waals surface area contributed by atoms with Gasteiger partial charge >= 0.3 is 0 Å². The van der Waals surface area contributed by atoms with E-state index in [2.05, 4.69) is 258 Å². The monoisotopic (exact) mass is 1010 g/mol. The molecular formula is C74H66N4. The molecule has 0 unspecified atom stereocenters. The second-order valence-corrected chi connectivity index (χ2v) is 22.8. The highest BCUT2D eigenvalue weighted by atomic mass is 15.0. The molecular weight excluding hydrogens is 945 g/mol. The summed E-state index contributed by atoms with van der Waals surface area (Å²) in [7, 11) is 0. The molecule has 3 aromatic heterocycles. The van der Waals surface area contributed by atoms with Crippen molar-refractivity contribution in [3.8, 4) is 73.1 Å². The third-order valence-corrected chi connectivity index (χ3v) is 16.5. The van der Waals surface area contributed by atoms with Crippen LogP contribution in [0.1, 0.15) is 83.7 Å². The van der Waals surface area contributed by atoms with Crippen molar-refractivity contribution in [3.63, 3.8) is 0 Å². The average Bonchev–Trinajstić information content (AvgIpc) is 4.08. The Morgan fingerprint density at radius 3 is 0.782 bits per heavy atom. The average molecular weight is 1010 g/mol. The molecule has 12 aromatic rings. The molecule has 0 aliphatic carbocycles. The van der Waals surface area contributed by atoms with Gasteiger partial charge in [-0.15, -0.1) is 0 Å². The maximum absolute atomic E-state index is 12.3. The Morgan fingerprint density at radius 1 is 0.295 bits per heavy atom. The predicted octanol–water partition coefficient (Wildman–Crippen LogP) is 19.8. The fraction of sp³-hybridized carbons (Fsp3) is 0.189. The molecule has 0 saturated carbocycles. The van der Waals surface area contributed by atoms with Crippen LogP contribution in [0.5, 0.6) is 0 Å². The predicted molar refractivity (Wildman–Crippen MR) is 331 cm³/mol. The normalized spacial score (nSPS) is 11.7. The molecule has 0 spiro atoms.